The fourth-order valence-electron chi connectivity index (χ4n) is 1.98. The van der Waals surface area contributed by atoms with Crippen molar-refractivity contribution in [3.8, 4) is 0 Å². The van der Waals surface area contributed by atoms with Crippen LogP contribution < -0.4 is 10.6 Å². The highest BCUT2D eigenvalue weighted by atomic mass is 16.5. The van der Waals surface area contributed by atoms with Crippen LogP contribution in [0.5, 0.6) is 0 Å². The number of aryl methyl sites for hydroxylation is 1. The van der Waals surface area contributed by atoms with Gasteiger partial charge in [0.15, 0.2) is 5.82 Å². The van der Waals surface area contributed by atoms with Gasteiger partial charge in [-0.2, -0.15) is 0 Å². The Morgan fingerprint density at radius 3 is 3.18 bits per heavy atom. The molecule has 1 aliphatic heterocycles. The van der Waals surface area contributed by atoms with Crippen LogP contribution in [0, 0.1) is 6.92 Å². The maximum Gasteiger partial charge on any atom is 0.239 e. The van der Waals surface area contributed by atoms with Crippen molar-refractivity contribution in [3.05, 3.63) is 11.8 Å². The van der Waals surface area contributed by atoms with Crippen molar-refractivity contribution in [2.45, 2.75) is 19.4 Å². The van der Waals surface area contributed by atoms with Gasteiger partial charge in [0, 0.05) is 18.7 Å². The number of rotatable bonds is 4. The zero-order valence-electron chi connectivity index (χ0n) is 10.2. The van der Waals surface area contributed by atoms with Gasteiger partial charge in [0.25, 0.3) is 0 Å². The number of amides is 1. The summed E-state index contributed by atoms with van der Waals surface area (Å²) < 4.78 is 4.88. The third-order valence-corrected chi connectivity index (χ3v) is 2.95. The average molecular weight is 238 g/mol. The summed E-state index contributed by atoms with van der Waals surface area (Å²) in [6.45, 7) is 4.14. The van der Waals surface area contributed by atoms with E-state index in [2.05, 4.69) is 20.7 Å². The molecule has 2 heterocycles. The molecule has 0 aliphatic carbocycles. The Bertz CT molecular complexity index is 385. The number of nitrogens with one attached hydrogen (secondary N) is 2. The molecule has 1 aliphatic rings. The van der Waals surface area contributed by atoms with E-state index in [9.17, 15) is 4.79 Å². The molecule has 6 nitrogen and oxygen atoms in total. The smallest absolute Gasteiger partial charge is 0.239 e. The number of nitrogens with zero attached hydrogens (tertiary/aromatic N) is 2. The topological polar surface area (TPSA) is 70.4 Å². The second kappa shape index (κ2) is 5.29. The van der Waals surface area contributed by atoms with Gasteiger partial charge in [-0.25, -0.2) is 0 Å². The highest BCUT2D eigenvalue weighted by Gasteiger charge is 2.21. The third-order valence-electron chi connectivity index (χ3n) is 2.95. The monoisotopic (exact) mass is 238 g/mol. The molecule has 1 aromatic heterocycles. The Morgan fingerprint density at radius 1 is 1.76 bits per heavy atom. The van der Waals surface area contributed by atoms with Crippen LogP contribution in [0.25, 0.3) is 0 Å². The normalized spacial score (nSPS) is 19.8. The van der Waals surface area contributed by atoms with Crippen LogP contribution in [-0.2, 0) is 4.79 Å². The summed E-state index contributed by atoms with van der Waals surface area (Å²) in [4.78, 5) is 13.8. The first-order valence-corrected chi connectivity index (χ1v) is 5.79. The largest absolute Gasteiger partial charge is 0.360 e. The van der Waals surface area contributed by atoms with Gasteiger partial charge in [0.2, 0.25) is 5.91 Å². The molecule has 2 N–H and O–H groups in total. The minimum atomic E-state index is -0.0623. The lowest BCUT2D eigenvalue weighted by Gasteiger charge is -2.22. The van der Waals surface area contributed by atoms with Crippen molar-refractivity contribution in [3.63, 3.8) is 0 Å². The van der Waals surface area contributed by atoms with E-state index in [1.807, 2.05) is 7.05 Å². The lowest BCUT2D eigenvalue weighted by atomic mass is 10.2. The number of hydrogen-bond acceptors (Lipinski definition) is 5. The number of aromatic nitrogens is 1. The zero-order valence-corrected chi connectivity index (χ0v) is 10.2. The van der Waals surface area contributed by atoms with E-state index >= 15 is 0 Å². The summed E-state index contributed by atoms with van der Waals surface area (Å²) in [6.07, 6.45) is 1.09. The van der Waals surface area contributed by atoms with Crippen LogP contribution in [0.1, 0.15) is 12.2 Å². The number of carbonyl (C=O) groups is 1. The van der Waals surface area contributed by atoms with Crippen molar-refractivity contribution in [2.75, 3.05) is 32.0 Å². The molecule has 0 aromatic carbocycles. The predicted molar refractivity (Wildman–Crippen MR) is 63.8 cm³/mol. The minimum Gasteiger partial charge on any atom is -0.360 e. The quantitative estimate of drug-likeness (QED) is 0.785. The lowest BCUT2D eigenvalue weighted by Crippen LogP contribution is -2.39. The summed E-state index contributed by atoms with van der Waals surface area (Å²) in [5.74, 6) is 1.10. The van der Waals surface area contributed by atoms with Gasteiger partial charge in [-0.15, -0.1) is 0 Å². The van der Waals surface area contributed by atoms with Gasteiger partial charge >= 0.3 is 0 Å². The van der Waals surface area contributed by atoms with Crippen molar-refractivity contribution >= 4 is 11.7 Å². The van der Waals surface area contributed by atoms with Crippen LogP contribution in [-0.4, -0.2) is 48.7 Å². The molecule has 17 heavy (non-hydrogen) atoms. The Morgan fingerprint density at radius 2 is 2.59 bits per heavy atom. The molecule has 6 heteroatoms. The summed E-state index contributed by atoms with van der Waals surface area (Å²) in [6, 6.07) is 2.15. The summed E-state index contributed by atoms with van der Waals surface area (Å²) in [5, 5.41) is 9.71. The second-order valence-corrected chi connectivity index (χ2v) is 4.43. The maximum atomic E-state index is 11.7. The molecule has 0 radical (unpaired) electrons. The SMILES string of the molecule is Cc1cc(NC(=O)CN(C)C2CCNC2)no1. The first-order chi connectivity index (χ1) is 8.15. The fourth-order valence-corrected chi connectivity index (χ4v) is 1.98. The number of anilines is 1. The van der Waals surface area contributed by atoms with Gasteiger partial charge in [0.1, 0.15) is 5.76 Å². The lowest BCUT2D eigenvalue weighted by molar-refractivity contribution is -0.117. The van der Waals surface area contributed by atoms with E-state index < -0.39 is 0 Å². The molecule has 1 aromatic rings. The van der Waals surface area contributed by atoms with Gasteiger partial charge in [-0.1, -0.05) is 5.16 Å². The van der Waals surface area contributed by atoms with Crippen molar-refractivity contribution in [1.29, 1.82) is 0 Å². The third kappa shape index (κ3) is 3.28. The average Bonchev–Trinajstić information content (AvgIpc) is 2.89. The number of hydrogen-bond donors (Lipinski definition) is 2. The molecule has 1 fully saturated rings. The number of likely N-dealkylation sites (N-methyl/N-ethyl adjacent to an activating group) is 1. The Hall–Kier alpha value is -1.40. The van der Waals surface area contributed by atoms with Crippen molar-refractivity contribution < 1.29 is 9.32 Å². The van der Waals surface area contributed by atoms with Crippen LogP contribution in [0.3, 0.4) is 0 Å². The van der Waals surface area contributed by atoms with Gasteiger partial charge in [-0.05, 0) is 26.9 Å². The van der Waals surface area contributed by atoms with Crippen LogP contribution in [0.2, 0.25) is 0 Å². The first kappa shape index (κ1) is 12.1. The Labute approximate surface area is 100 Å². The second-order valence-electron chi connectivity index (χ2n) is 4.43. The summed E-state index contributed by atoms with van der Waals surface area (Å²) in [7, 11) is 1.96. The van der Waals surface area contributed by atoms with Crippen molar-refractivity contribution in [1.82, 2.24) is 15.4 Å². The molecule has 1 amide bonds. The van der Waals surface area contributed by atoms with Crippen LogP contribution >= 0.6 is 0 Å². The van der Waals surface area contributed by atoms with E-state index in [-0.39, 0.29) is 5.91 Å². The molecular formula is C11H18N4O2. The molecule has 0 bridgehead atoms. The van der Waals surface area contributed by atoms with E-state index in [0.717, 1.165) is 19.5 Å². The first-order valence-electron chi connectivity index (χ1n) is 5.79. The van der Waals surface area contributed by atoms with Crippen LogP contribution in [0.15, 0.2) is 10.6 Å². The Balaban J connectivity index is 1.80. The highest BCUT2D eigenvalue weighted by Crippen LogP contribution is 2.08. The van der Waals surface area contributed by atoms with E-state index in [4.69, 9.17) is 4.52 Å². The fraction of sp³-hybridized carbons (Fsp3) is 0.636. The predicted octanol–water partition coefficient (Wildman–Crippen LogP) is 0.215. The van der Waals surface area contributed by atoms with Gasteiger partial charge in [0.05, 0.1) is 6.54 Å². The van der Waals surface area contributed by atoms with E-state index in [1.54, 1.807) is 13.0 Å². The van der Waals surface area contributed by atoms with Crippen LogP contribution in [0.4, 0.5) is 5.82 Å². The highest BCUT2D eigenvalue weighted by molar-refractivity contribution is 5.91. The number of carbonyl (C=O) groups excluding carboxylic acids is 1. The summed E-state index contributed by atoms with van der Waals surface area (Å²) in [5.41, 5.74) is 0. The molecule has 1 atom stereocenters. The molecular weight excluding hydrogens is 220 g/mol. The Kier molecular flexibility index (Phi) is 3.75. The zero-order chi connectivity index (χ0) is 12.3. The van der Waals surface area contributed by atoms with E-state index in [1.165, 1.54) is 0 Å². The maximum absolute atomic E-state index is 11.7. The molecule has 1 unspecified atom stereocenters. The van der Waals surface area contributed by atoms with E-state index in [0.29, 0.717) is 24.2 Å². The summed E-state index contributed by atoms with van der Waals surface area (Å²) >= 11 is 0. The van der Waals surface area contributed by atoms with Gasteiger partial charge in [-0.3, -0.25) is 9.69 Å². The van der Waals surface area contributed by atoms with Gasteiger partial charge < -0.3 is 15.2 Å². The molecule has 0 spiro atoms. The van der Waals surface area contributed by atoms with Crippen molar-refractivity contribution in [2.24, 2.45) is 0 Å². The molecule has 1 saturated heterocycles. The minimum absolute atomic E-state index is 0.0623. The molecule has 94 valence electrons. The molecule has 0 saturated carbocycles. The molecule has 2 rings (SSSR count). The standard InChI is InChI=1S/C11H18N4O2/c1-8-5-10(14-17-8)13-11(16)7-15(2)9-3-4-12-6-9/h5,9,12H,3-4,6-7H2,1-2H3,(H,13,14,16).